The van der Waals surface area contributed by atoms with Crippen LogP contribution in [-0.2, 0) is 11.8 Å². The van der Waals surface area contributed by atoms with Crippen LogP contribution in [-0.4, -0.2) is 0 Å². The molecule has 0 aromatic heterocycles. The summed E-state index contributed by atoms with van der Waals surface area (Å²) in [4.78, 5) is 0. The smallest absolute Gasteiger partial charge is 0.00463 e. The Hall–Kier alpha value is -0.780. The van der Waals surface area contributed by atoms with Crippen molar-refractivity contribution in [3.63, 3.8) is 0 Å². The Kier molecular flexibility index (Phi) is 5.49. The number of hydrogen-bond donors (Lipinski definition) is 0. The molecule has 4 aliphatic carbocycles. The first-order valence-electron chi connectivity index (χ1n) is 11.8. The van der Waals surface area contributed by atoms with Crippen molar-refractivity contribution >= 4 is 0 Å². The van der Waals surface area contributed by atoms with E-state index in [0.717, 1.165) is 23.7 Å². The lowest BCUT2D eigenvalue weighted by molar-refractivity contribution is -0.0294. The maximum absolute atomic E-state index is 2.47. The third-order valence-corrected chi connectivity index (χ3v) is 8.96. The largest absolute Gasteiger partial charge is 0.0654 e. The summed E-state index contributed by atoms with van der Waals surface area (Å²) in [7, 11) is 0. The molecule has 0 saturated heterocycles. The van der Waals surface area contributed by atoms with Crippen molar-refractivity contribution in [1.82, 2.24) is 0 Å². The molecule has 0 radical (unpaired) electrons. The van der Waals surface area contributed by atoms with Crippen molar-refractivity contribution in [3.8, 4) is 0 Å². The molecule has 0 aliphatic heterocycles. The summed E-state index contributed by atoms with van der Waals surface area (Å²) in [6.45, 7) is 4.61. The van der Waals surface area contributed by atoms with Crippen LogP contribution < -0.4 is 0 Å². The fourth-order valence-corrected chi connectivity index (χ4v) is 6.91. The van der Waals surface area contributed by atoms with E-state index in [2.05, 4.69) is 38.1 Å². The van der Waals surface area contributed by atoms with Crippen molar-refractivity contribution in [2.75, 3.05) is 0 Å². The molecule has 0 N–H and O–H groups in total. The first-order chi connectivity index (χ1) is 12.7. The van der Waals surface area contributed by atoms with E-state index in [1.807, 2.05) is 0 Å². The van der Waals surface area contributed by atoms with E-state index in [0.29, 0.717) is 5.41 Å². The summed E-state index contributed by atoms with van der Waals surface area (Å²) in [6, 6.07) is 9.71. The number of hydrogen-bond acceptors (Lipinski definition) is 0. The molecule has 4 fully saturated rings. The van der Waals surface area contributed by atoms with Crippen molar-refractivity contribution in [3.05, 3.63) is 35.4 Å². The predicted octanol–water partition coefficient (Wildman–Crippen LogP) is 7.84. The van der Waals surface area contributed by atoms with Gasteiger partial charge < -0.3 is 0 Å². The first kappa shape index (κ1) is 18.6. The normalized spacial score (nSPS) is 37.0. The Bertz CT molecular complexity index is 548. The van der Waals surface area contributed by atoms with Gasteiger partial charge in [-0.3, -0.25) is 0 Å². The predicted molar refractivity (Wildman–Crippen MR) is 113 cm³/mol. The summed E-state index contributed by atoms with van der Waals surface area (Å²) >= 11 is 0. The first-order valence-corrected chi connectivity index (χ1v) is 11.8. The lowest BCUT2D eigenvalue weighted by atomic mass is 9.47. The molecule has 1 aromatic rings. The average molecular weight is 353 g/mol. The summed E-state index contributed by atoms with van der Waals surface area (Å²) in [6.07, 6.45) is 20.6. The molecule has 0 amide bonds. The van der Waals surface area contributed by atoms with Gasteiger partial charge in [-0.05, 0) is 91.6 Å². The van der Waals surface area contributed by atoms with Crippen molar-refractivity contribution in [2.45, 2.75) is 109 Å². The molecular formula is C26H40. The zero-order valence-corrected chi connectivity index (χ0v) is 17.4. The van der Waals surface area contributed by atoms with E-state index in [1.165, 1.54) is 76.2 Å². The molecule has 26 heavy (non-hydrogen) atoms. The van der Waals surface area contributed by atoms with Crippen LogP contribution in [0.4, 0.5) is 0 Å². The summed E-state index contributed by atoms with van der Waals surface area (Å²) < 4.78 is 0. The van der Waals surface area contributed by atoms with Gasteiger partial charge in [0, 0.05) is 0 Å². The second-order valence-corrected chi connectivity index (χ2v) is 10.1. The lowest BCUT2D eigenvalue weighted by Crippen LogP contribution is -2.48. The van der Waals surface area contributed by atoms with Crippen molar-refractivity contribution in [1.29, 1.82) is 0 Å². The Morgan fingerprint density at radius 3 is 1.96 bits per heavy atom. The van der Waals surface area contributed by atoms with Gasteiger partial charge in [-0.1, -0.05) is 70.2 Å². The van der Waals surface area contributed by atoms with Crippen LogP contribution >= 0.6 is 0 Å². The SMILES string of the molecule is CCCC[C@H]1CC[C@H](C23CCC(c4ccc(CC)cc4)(CC2)CC3)CC1. The van der Waals surface area contributed by atoms with Gasteiger partial charge in [-0.2, -0.15) is 0 Å². The fourth-order valence-electron chi connectivity index (χ4n) is 6.91. The van der Waals surface area contributed by atoms with E-state index < -0.39 is 0 Å². The third kappa shape index (κ3) is 3.38. The van der Waals surface area contributed by atoms with Crippen LogP contribution in [0, 0.1) is 17.3 Å². The highest BCUT2D eigenvalue weighted by atomic mass is 14.6. The van der Waals surface area contributed by atoms with Gasteiger partial charge >= 0.3 is 0 Å². The molecule has 0 unspecified atom stereocenters. The quantitative estimate of drug-likeness (QED) is 0.489. The minimum atomic E-state index is 0.534. The van der Waals surface area contributed by atoms with Crippen LogP contribution in [0.15, 0.2) is 24.3 Å². The number of aryl methyl sites for hydroxylation is 1. The van der Waals surface area contributed by atoms with E-state index in [4.69, 9.17) is 0 Å². The zero-order valence-electron chi connectivity index (χ0n) is 17.4. The topological polar surface area (TPSA) is 0 Å². The highest BCUT2D eigenvalue weighted by Crippen LogP contribution is 2.62. The highest BCUT2D eigenvalue weighted by Gasteiger charge is 2.52. The second-order valence-electron chi connectivity index (χ2n) is 10.1. The fraction of sp³-hybridized carbons (Fsp3) is 0.769. The molecule has 0 atom stereocenters. The molecule has 1 aromatic carbocycles. The van der Waals surface area contributed by atoms with Crippen LogP contribution in [0.2, 0.25) is 0 Å². The Labute approximate surface area is 162 Å². The Morgan fingerprint density at radius 2 is 1.42 bits per heavy atom. The number of fused-ring (bicyclic) bond motifs is 3. The van der Waals surface area contributed by atoms with E-state index in [9.17, 15) is 0 Å². The Morgan fingerprint density at radius 1 is 0.808 bits per heavy atom. The van der Waals surface area contributed by atoms with Gasteiger partial charge in [0.05, 0.1) is 0 Å². The third-order valence-electron chi connectivity index (χ3n) is 8.96. The summed E-state index contributed by atoms with van der Waals surface area (Å²) in [5, 5.41) is 0. The highest BCUT2D eigenvalue weighted by molar-refractivity contribution is 5.31. The lowest BCUT2D eigenvalue weighted by Gasteiger charge is -2.58. The van der Waals surface area contributed by atoms with Gasteiger partial charge in [-0.15, -0.1) is 0 Å². The van der Waals surface area contributed by atoms with Crippen LogP contribution in [0.25, 0.3) is 0 Å². The molecule has 0 heterocycles. The molecule has 4 saturated carbocycles. The van der Waals surface area contributed by atoms with Gasteiger partial charge in [0.1, 0.15) is 0 Å². The standard InChI is InChI=1S/C26H40/c1-3-5-6-22-9-13-24(14-10-22)26-18-15-25(16-19-26,17-20-26)23-11-7-21(4-2)8-12-23/h7-8,11-12,22,24H,3-6,9-10,13-20H2,1-2H3/t22-,24-,25?,26?. The van der Waals surface area contributed by atoms with Gasteiger partial charge in [0.15, 0.2) is 0 Å². The van der Waals surface area contributed by atoms with Crippen LogP contribution in [0.3, 0.4) is 0 Å². The van der Waals surface area contributed by atoms with E-state index in [1.54, 1.807) is 18.4 Å². The molecule has 144 valence electrons. The molecule has 4 aliphatic rings. The Balaban J connectivity index is 1.38. The molecular weight excluding hydrogens is 312 g/mol. The average Bonchev–Trinajstić information content (AvgIpc) is 2.74. The molecule has 0 heteroatoms. The maximum atomic E-state index is 2.47. The molecule has 0 nitrogen and oxygen atoms in total. The molecule has 5 rings (SSSR count). The number of benzene rings is 1. The van der Waals surface area contributed by atoms with E-state index >= 15 is 0 Å². The molecule has 0 spiro atoms. The van der Waals surface area contributed by atoms with Gasteiger partial charge in [-0.25, -0.2) is 0 Å². The minimum absolute atomic E-state index is 0.534. The monoisotopic (exact) mass is 352 g/mol. The van der Waals surface area contributed by atoms with Crippen LogP contribution in [0.1, 0.15) is 108 Å². The number of unbranched alkanes of at least 4 members (excludes halogenated alkanes) is 1. The van der Waals surface area contributed by atoms with Crippen LogP contribution in [0.5, 0.6) is 0 Å². The van der Waals surface area contributed by atoms with Gasteiger partial charge in [0.25, 0.3) is 0 Å². The van der Waals surface area contributed by atoms with E-state index in [-0.39, 0.29) is 0 Å². The number of rotatable bonds is 6. The second kappa shape index (κ2) is 7.69. The minimum Gasteiger partial charge on any atom is -0.0654 e. The zero-order chi connectivity index (χ0) is 18.0. The van der Waals surface area contributed by atoms with Crippen molar-refractivity contribution < 1.29 is 0 Å². The summed E-state index contributed by atoms with van der Waals surface area (Å²) in [5.41, 5.74) is 4.42. The van der Waals surface area contributed by atoms with Gasteiger partial charge in [0.2, 0.25) is 0 Å². The maximum Gasteiger partial charge on any atom is -0.00463 e. The summed E-state index contributed by atoms with van der Waals surface area (Å²) in [5.74, 6) is 2.12. The van der Waals surface area contributed by atoms with Crippen molar-refractivity contribution in [2.24, 2.45) is 17.3 Å². The molecule has 2 bridgehead atoms.